The van der Waals surface area contributed by atoms with Crippen LogP contribution in [0.25, 0.3) is 0 Å². The van der Waals surface area contributed by atoms with Gasteiger partial charge in [-0.2, -0.15) is 0 Å². The number of hydrogen-bond donors (Lipinski definition) is 3. The molecule has 0 spiro atoms. The van der Waals surface area contributed by atoms with Crippen LogP contribution in [0.15, 0.2) is 0 Å². The molecule has 0 aromatic carbocycles. The van der Waals surface area contributed by atoms with Crippen molar-refractivity contribution in [3.05, 3.63) is 0 Å². The molecule has 0 saturated heterocycles. The van der Waals surface area contributed by atoms with E-state index in [4.69, 9.17) is 9.59 Å². The second-order valence-electron chi connectivity index (χ2n) is 0.402. The lowest BCUT2D eigenvalue weighted by atomic mass is 11.2. The van der Waals surface area contributed by atoms with Gasteiger partial charge in [-0.1, -0.05) is 0 Å². The highest BCUT2D eigenvalue weighted by Gasteiger charge is 1.60. The highest BCUT2D eigenvalue weighted by Crippen LogP contribution is 1.25. The van der Waals surface area contributed by atoms with Crippen LogP contribution < -0.4 is 17.6 Å². The minimum Gasteiger partial charge on any atom is -0.412 e. The van der Waals surface area contributed by atoms with Crippen LogP contribution in [-0.2, 0) is 4.79 Å². The van der Waals surface area contributed by atoms with E-state index in [-0.39, 0.29) is 11.6 Å². The van der Waals surface area contributed by atoms with Gasteiger partial charge in [0.15, 0.2) is 0 Å². The monoisotopic (exact) mass is 125 g/mol. The molecule has 8 heavy (non-hydrogen) atoms. The van der Waals surface area contributed by atoms with Crippen molar-refractivity contribution in [3.63, 3.8) is 0 Å². The Bertz CT molecular complexity index is 43.8. The molecule has 0 fully saturated rings. The van der Waals surface area contributed by atoms with Gasteiger partial charge in [0.1, 0.15) is 6.79 Å². The van der Waals surface area contributed by atoms with E-state index in [2.05, 4.69) is 11.5 Å². The minimum atomic E-state index is -0.833. The Morgan fingerprint density at radius 3 is 1.25 bits per heavy atom. The van der Waals surface area contributed by atoms with Gasteiger partial charge >= 0.3 is 6.03 Å². The molecular formula is C2H11N3O3. The van der Waals surface area contributed by atoms with Gasteiger partial charge < -0.3 is 27.9 Å². The molecule has 0 aliphatic heterocycles. The van der Waals surface area contributed by atoms with Crippen LogP contribution in [0, 0.1) is 0 Å². The summed E-state index contributed by atoms with van der Waals surface area (Å²) in [5.41, 5.74) is 8.50. The summed E-state index contributed by atoms with van der Waals surface area (Å²) < 4.78 is 0. The molecule has 0 unspecified atom stereocenters. The zero-order valence-corrected chi connectivity index (χ0v) is 4.39. The zero-order chi connectivity index (χ0) is 5.58. The van der Waals surface area contributed by atoms with Crippen LogP contribution in [0.4, 0.5) is 4.79 Å². The first kappa shape index (κ1) is 28.8. The second kappa shape index (κ2) is 40.0. The van der Waals surface area contributed by atoms with Crippen LogP contribution in [0.5, 0.6) is 0 Å². The predicted octanol–water partition coefficient (Wildman–Crippen LogP) is -1.82. The van der Waals surface area contributed by atoms with Gasteiger partial charge in [-0.3, -0.25) is 0 Å². The lowest BCUT2D eigenvalue weighted by molar-refractivity contribution is -0.0979. The molecule has 6 nitrogen and oxygen atoms in total. The maximum atomic E-state index is 9.00. The van der Waals surface area contributed by atoms with Crippen LogP contribution in [0.1, 0.15) is 0 Å². The van der Waals surface area contributed by atoms with Crippen LogP contribution >= 0.6 is 0 Å². The summed E-state index contributed by atoms with van der Waals surface area (Å²) in [5.74, 6) is 0. The fraction of sp³-hybridized carbons (Fsp3) is 0. The Morgan fingerprint density at radius 2 is 1.25 bits per heavy atom. The van der Waals surface area contributed by atoms with Crippen LogP contribution in [0.2, 0.25) is 0 Å². The van der Waals surface area contributed by atoms with Crippen molar-refractivity contribution in [2.75, 3.05) is 0 Å². The fourth-order valence-electron chi connectivity index (χ4n) is 0. The summed E-state index contributed by atoms with van der Waals surface area (Å²) in [7, 11) is 0. The first-order valence-electron chi connectivity index (χ1n) is 1.07. The Morgan fingerprint density at radius 1 is 1.25 bits per heavy atom. The molecule has 0 aromatic rings. The van der Waals surface area contributed by atoms with Gasteiger partial charge in [0.2, 0.25) is 0 Å². The van der Waals surface area contributed by atoms with Crippen molar-refractivity contribution < 1.29 is 15.1 Å². The summed E-state index contributed by atoms with van der Waals surface area (Å²) in [5, 5.41) is 0. The number of amides is 2. The number of nitrogens with two attached hydrogens (primary N) is 2. The van der Waals surface area contributed by atoms with Crippen molar-refractivity contribution >= 4 is 12.8 Å². The number of urea groups is 1. The van der Waals surface area contributed by atoms with E-state index < -0.39 is 6.03 Å². The number of carbonyl (C=O) groups excluding carboxylic acids is 2. The van der Waals surface area contributed by atoms with Gasteiger partial charge in [-0.05, 0) is 0 Å². The third kappa shape index (κ3) is 55.7. The molecule has 0 rings (SSSR count). The summed E-state index contributed by atoms with van der Waals surface area (Å²) in [6.07, 6.45) is 0. The average molecular weight is 125 g/mol. The third-order valence-corrected chi connectivity index (χ3v) is 0. The predicted molar refractivity (Wildman–Crippen MR) is 29.5 cm³/mol. The van der Waals surface area contributed by atoms with E-state index in [9.17, 15) is 0 Å². The summed E-state index contributed by atoms with van der Waals surface area (Å²) in [6, 6.07) is -0.833. The standard InChI is InChI=1S/CH4N2O.CH2O.H3N.H2O/c2-1(3)4;1-2;;/h(H4,2,3,4);1H2;1H3;1H2. The van der Waals surface area contributed by atoms with E-state index in [0.29, 0.717) is 0 Å². The quantitative estimate of drug-likeness (QED) is 0.349. The normalized spacial score (nSPS) is 3.50. The molecule has 0 aliphatic rings. The van der Waals surface area contributed by atoms with Gasteiger partial charge in [-0.15, -0.1) is 0 Å². The van der Waals surface area contributed by atoms with Gasteiger partial charge in [-0.25, -0.2) is 4.79 Å². The minimum absolute atomic E-state index is 0. The van der Waals surface area contributed by atoms with Crippen LogP contribution in [-0.4, -0.2) is 18.3 Å². The number of rotatable bonds is 0. The second-order valence-corrected chi connectivity index (χ2v) is 0.402. The van der Waals surface area contributed by atoms with Crippen molar-refractivity contribution in [1.82, 2.24) is 6.15 Å². The molecule has 0 radical (unpaired) electrons. The van der Waals surface area contributed by atoms with E-state index in [1.807, 2.05) is 6.79 Å². The Kier molecular flexibility index (Phi) is 144. The highest BCUT2D eigenvalue weighted by atomic mass is 16.2. The van der Waals surface area contributed by atoms with E-state index in [1.54, 1.807) is 0 Å². The molecule has 0 aromatic heterocycles. The fourth-order valence-corrected chi connectivity index (χ4v) is 0. The van der Waals surface area contributed by atoms with E-state index in [1.165, 1.54) is 0 Å². The Hall–Kier alpha value is -1.14. The topological polar surface area (TPSA) is 153 Å². The zero-order valence-electron chi connectivity index (χ0n) is 4.39. The SMILES string of the molecule is C=O.N.NC(N)=O.O. The van der Waals surface area contributed by atoms with E-state index in [0.717, 1.165) is 0 Å². The molecule has 0 heterocycles. The largest absolute Gasteiger partial charge is 0.412 e. The van der Waals surface area contributed by atoms with E-state index >= 15 is 0 Å². The van der Waals surface area contributed by atoms with Crippen molar-refractivity contribution in [2.45, 2.75) is 0 Å². The first-order valence-corrected chi connectivity index (χ1v) is 1.07. The van der Waals surface area contributed by atoms with Crippen molar-refractivity contribution in [3.8, 4) is 0 Å². The molecule has 2 amide bonds. The highest BCUT2D eigenvalue weighted by molar-refractivity contribution is 5.69. The lowest BCUT2D eigenvalue weighted by Gasteiger charge is -1.62. The molecular weight excluding hydrogens is 114 g/mol. The maximum Gasteiger partial charge on any atom is 0.309 e. The number of carbonyl (C=O) groups is 2. The maximum absolute atomic E-state index is 9.00. The third-order valence-electron chi connectivity index (χ3n) is 0. The first-order chi connectivity index (χ1) is 2.73. The molecule has 0 aliphatic carbocycles. The van der Waals surface area contributed by atoms with Gasteiger partial charge in [0.25, 0.3) is 0 Å². The van der Waals surface area contributed by atoms with Gasteiger partial charge in [0.05, 0.1) is 0 Å². The molecule has 9 N–H and O–H groups in total. The summed E-state index contributed by atoms with van der Waals surface area (Å²) in [4.78, 5) is 17.0. The van der Waals surface area contributed by atoms with Gasteiger partial charge in [0, 0.05) is 0 Å². The smallest absolute Gasteiger partial charge is 0.309 e. The molecule has 6 heteroatoms. The molecule has 0 atom stereocenters. The number of hydrogen-bond acceptors (Lipinski definition) is 3. The average Bonchev–Trinajstić information content (AvgIpc) is 1.41. The summed E-state index contributed by atoms with van der Waals surface area (Å²) in [6.45, 7) is 2.00. The van der Waals surface area contributed by atoms with Crippen LogP contribution in [0.3, 0.4) is 0 Å². The Balaban J connectivity index is -0.0000000183. The summed E-state index contributed by atoms with van der Waals surface area (Å²) >= 11 is 0. The Labute approximate surface area is 46.7 Å². The molecule has 0 bridgehead atoms. The lowest BCUT2D eigenvalue weighted by Crippen LogP contribution is -2.18. The number of primary amides is 2. The molecule has 0 saturated carbocycles. The van der Waals surface area contributed by atoms with Crippen molar-refractivity contribution in [2.24, 2.45) is 11.5 Å². The molecule has 52 valence electrons. The van der Waals surface area contributed by atoms with Crippen molar-refractivity contribution in [1.29, 1.82) is 0 Å².